The lowest BCUT2D eigenvalue weighted by Gasteiger charge is -2.41. The average Bonchev–Trinajstić information content (AvgIpc) is 3.36. The van der Waals surface area contributed by atoms with Crippen LogP contribution in [-0.4, -0.2) is 29.1 Å². The molecule has 0 bridgehead atoms. The fourth-order valence-corrected chi connectivity index (χ4v) is 5.85. The van der Waals surface area contributed by atoms with Crippen molar-refractivity contribution in [2.24, 2.45) is 5.92 Å². The number of hydrogen-bond acceptors (Lipinski definition) is 4. The summed E-state index contributed by atoms with van der Waals surface area (Å²) in [6, 6.07) is 14.5. The first-order valence-electron chi connectivity index (χ1n) is 11.2. The molecule has 0 spiro atoms. The van der Waals surface area contributed by atoms with Crippen molar-refractivity contribution >= 4 is 17.3 Å². The zero-order valence-corrected chi connectivity index (χ0v) is 19.4. The Hall–Kier alpha value is -2.84. The van der Waals surface area contributed by atoms with E-state index in [9.17, 15) is 18.0 Å². The highest BCUT2D eigenvalue weighted by atomic mass is 32.1. The predicted octanol–water partition coefficient (Wildman–Crippen LogP) is 6.33. The third-order valence-electron chi connectivity index (χ3n) is 6.68. The molecule has 0 saturated carbocycles. The lowest BCUT2D eigenvalue weighted by molar-refractivity contribution is -0.148. The summed E-state index contributed by atoms with van der Waals surface area (Å²) in [7, 11) is 0. The molecule has 2 aliphatic rings. The summed E-state index contributed by atoms with van der Waals surface area (Å²) in [6.45, 7) is 3.14. The molecule has 0 amide bonds. The second kappa shape index (κ2) is 8.74. The lowest BCUT2D eigenvalue weighted by atomic mass is 9.94. The minimum absolute atomic E-state index is 0.0655. The van der Waals surface area contributed by atoms with E-state index in [1.165, 1.54) is 5.56 Å². The highest BCUT2D eigenvalue weighted by Crippen LogP contribution is 2.44. The standard InChI is InChI=1S/C26H24F3NO3S/c1-15-9-20-17(7-8-22(20)30-12-18(13-30)25(31)32)10-23(15)33-14-19-11-21(16-5-3-2-4-6-16)24(34-19)26(27,28)29/h2-6,9-11,18,22H,7-8,12-14H2,1H3,(H,31,32). The van der Waals surface area contributed by atoms with Crippen LogP contribution in [0.4, 0.5) is 13.2 Å². The molecule has 1 atom stereocenters. The van der Waals surface area contributed by atoms with Crippen molar-refractivity contribution in [3.8, 4) is 16.9 Å². The van der Waals surface area contributed by atoms with Gasteiger partial charge in [0.25, 0.3) is 0 Å². The van der Waals surface area contributed by atoms with Crippen LogP contribution in [0, 0.1) is 12.8 Å². The van der Waals surface area contributed by atoms with Gasteiger partial charge in [-0.15, -0.1) is 11.3 Å². The summed E-state index contributed by atoms with van der Waals surface area (Å²) < 4.78 is 47.0. The van der Waals surface area contributed by atoms with Crippen LogP contribution in [0.5, 0.6) is 5.75 Å². The van der Waals surface area contributed by atoms with Gasteiger partial charge in [-0.1, -0.05) is 36.4 Å². The Morgan fingerprint density at radius 3 is 2.59 bits per heavy atom. The van der Waals surface area contributed by atoms with Crippen molar-refractivity contribution in [3.05, 3.63) is 75.0 Å². The number of fused-ring (bicyclic) bond motifs is 1. The minimum atomic E-state index is -4.43. The molecule has 1 aromatic heterocycles. The number of carbonyl (C=O) groups is 1. The van der Waals surface area contributed by atoms with Gasteiger partial charge in [-0.05, 0) is 54.2 Å². The number of hydrogen-bond donors (Lipinski definition) is 1. The van der Waals surface area contributed by atoms with Crippen LogP contribution in [-0.2, 0) is 24.0 Å². The van der Waals surface area contributed by atoms with Crippen LogP contribution in [0.2, 0.25) is 0 Å². The van der Waals surface area contributed by atoms with Gasteiger partial charge in [-0.2, -0.15) is 13.2 Å². The lowest BCUT2D eigenvalue weighted by Crippen LogP contribution is -2.51. The van der Waals surface area contributed by atoms with Gasteiger partial charge in [0, 0.05) is 29.6 Å². The number of thiophene rings is 1. The van der Waals surface area contributed by atoms with Crippen LogP contribution in [0.1, 0.15) is 38.9 Å². The van der Waals surface area contributed by atoms with Crippen molar-refractivity contribution in [1.82, 2.24) is 4.90 Å². The van der Waals surface area contributed by atoms with E-state index in [2.05, 4.69) is 11.0 Å². The van der Waals surface area contributed by atoms with Crippen molar-refractivity contribution in [1.29, 1.82) is 0 Å². The van der Waals surface area contributed by atoms with Gasteiger partial charge in [0.15, 0.2) is 0 Å². The van der Waals surface area contributed by atoms with Gasteiger partial charge in [0.05, 0.1) is 5.92 Å². The van der Waals surface area contributed by atoms with Gasteiger partial charge < -0.3 is 9.84 Å². The molecular formula is C26H24F3NO3S. The SMILES string of the molecule is Cc1cc2c(cc1OCc1cc(-c3ccccc3)c(C(F)(F)F)s1)CCC2N1CC(C(=O)O)C1. The molecule has 34 heavy (non-hydrogen) atoms. The van der Waals surface area contributed by atoms with E-state index < -0.39 is 17.0 Å². The first-order valence-corrected chi connectivity index (χ1v) is 12.0. The number of benzene rings is 2. The first-order chi connectivity index (χ1) is 16.2. The molecule has 3 aromatic rings. The Morgan fingerprint density at radius 2 is 1.91 bits per heavy atom. The maximum absolute atomic E-state index is 13.7. The number of rotatable bonds is 6. The Bertz CT molecular complexity index is 1220. The van der Waals surface area contributed by atoms with E-state index in [4.69, 9.17) is 9.84 Å². The molecule has 8 heteroatoms. The Kier molecular flexibility index (Phi) is 5.90. The number of carboxylic acids is 1. The third-order valence-corrected chi connectivity index (χ3v) is 7.83. The molecular weight excluding hydrogens is 463 g/mol. The number of aryl methyl sites for hydroxylation is 2. The molecule has 1 saturated heterocycles. The average molecular weight is 488 g/mol. The molecule has 2 heterocycles. The first kappa shape index (κ1) is 22.9. The van der Waals surface area contributed by atoms with E-state index in [0.29, 0.717) is 29.3 Å². The molecule has 1 aliphatic carbocycles. The summed E-state index contributed by atoms with van der Waals surface area (Å²) in [4.78, 5) is 13.2. The number of ether oxygens (including phenoxy) is 1. The molecule has 5 rings (SSSR count). The van der Waals surface area contributed by atoms with Crippen LogP contribution < -0.4 is 4.74 Å². The molecule has 4 nitrogen and oxygen atoms in total. The predicted molar refractivity (Wildman–Crippen MR) is 124 cm³/mol. The van der Waals surface area contributed by atoms with Gasteiger partial charge in [0.1, 0.15) is 17.2 Å². The maximum Gasteiger partial charge on any atom is 0.426 e. The normalized spacial score (nSPS) is 18.5. The van der Waals surface area contributed by atoms with Crippen LogP contribution in [0.25, 0.3) is 11.1 Å². The minimum Gasteiger partial charge on any atom is -0.488 e. The van der Waals surface area contributed by atoms with Crippen LogP contribution in [0.15, 0.2) is 48.5 Å². The summed E-state index contributed by atoms with van der Waals surface area (Å²) >= 11 is 0.725. The summed E-state index contributed by atoms with van der Waals surface area (Å²) in [5, 5.41) is 9.15. The molecule has 1 aliphatic heterocycles. The summed E-state index contributed by atoms with van der Waals surface area (Å²) in [5.74, 6) is -0.359. The third kappa shape index (κ3) is 4.32. The summed E-state index contributed by atoms with van der Waals surface area (Å²) in [5.41, 5.74) is 4.01. The Labute approximate surface area is 199 Å². The van der Waals surface area contributed by atoms with E-state index >= 15 is 0 Å². The van der Waals surface area contributed by atoms with Crippen molar-refractivity contribution in [3.63, 3.8) is 0 Å². The fourth-order valence-electron chi connectivity index (χ4n) is 4.89. The van der Waals surface area contributed by atoms with Gasteiger partial charge in [0.2, 0.25) is 0 Å². The van der Waals surface area contributed by atoms with E-state index in [1.54, 1.807) is 36.4 Å². The zero-order chi connectivity index (χ0) is 24.0. The number of carboxylic acid groups (broad SMARTS) is 1. The number of likely N-dealkylation sites (tertiary alicyclic amines) is 1. The highest BCUT2D eigenvalue weighted by Gasteiger charge is 2.40. The van der Waals surface area contributed by atoms with Crippen molar-refractivity contribution < 1.29 is 27.8 Å². The molecule has 1 fully saturated rings. The second-order valence-electron chi connectivity index (χ2n) is 8.97. The molecule has 2 aromatic carbocycles. The van der Waals surface area contributed by atoms with Crippen molar-refractivity contribution in [2.45, 2.75) is 38.6 Å². The van der Waals surface area contributed by atoms with E-state index in [0.717, 1.165) is 35.3 Å². The summed E-state index contributed by atoms with van der Waals surface area (Å²) in [6.07, 6.45) is -2.62. The topological polar surface area (TPSA) is 49.8 Å². The van der Waals surface area contributed by atoms with Crippen LogP contribution >= 0.6 is 11.3 Å². The zero-order valence-electron chi connectivity index (χ0n) is 18.6. The van der Waals surface area contributed by atoms with Gasteiger partial charge in [-0.25, -0.2) is 0 Å². The fraction of sp³-hybridized carbons (Fsp3) is 0.346. The second-order valence-corrected chi connectivity index (χ2v) is 10.1. The molecule has 1 unspecified atom stereocenters. The maximum atomic E-state index is 13.7. The van der Waals surface area contributed by atoms with Crippen LogP contribution in [0.3, 0.4) is 0 Å². The Morgan fingerprint density at radius 1 is 1.18 bits per heavy atom. The van der Waals surface area contributed by atoms with E-state index in [-0.39, 0.29) is 24.1 Å². The Balaban J connectivity index is 1.33. The monoisotopic (exact) mass is 487 g/mol. The van der Waals surface area contributed by atoms with E-state index in [1.807, 2.05) is 13.0 Å². The molecule has 0 radical (unpaired) electrons. The molecule has 1 N–H and O–H groups in total. The largest absolute Gasteiger partial charge is 0.488 e. The van der Waals surface area contributed by atoms with Gasteiger partial charge >= 0.3 is 12.1 Å². The number of halogens is 3. The van der Waals surface area contributed by atoms with Gasteiger partial charge in [-0.3, -0.25) is 9.69 Å². The number of aliphatic carboxylic acids is 1. The van der Waals surface area contributed by atoms with Crippen molar-refractivity contribution in [2.75, 3.05) is 13.1 Å². The smallest absolute Gasteiger partial charge is 0.426 e. The number of alkyl halides is 3. The quantitative estimate of drug-likeness (QED) is 0.442. The highest BCUT2D eigenvalue weighted by molar-refractivity contribution is 7.12. The number of nitrogens with zero attached hydrogens (tertiary/aromatic N) is 1. The molecule has 178 valence electrons.